The molecule has 0 aromatic heterocycles. The Morgan fingerprint density at radius 1 is 1.15 bits per heavy atom. The molecule has 0 fully saturated rings. The van der Waals surface area contributed by atoms with Crippen LogP contribution in [0.2, 0.25) is 18.1 Å². The average molecular weight is 489 g/mol. The Morgan fingerprint density at radius 3 is 2.23 bits per heavy atom. The van der Waals surface area contributed by atoms with Gasteiger partial charge < -0.3 is 9.16 Å². The number of ether oxygens (including phenoxy) is 1. The maximum Gasteiger partial charge on any atom is 0.192 e. The van der Waals surface area contributed by atoms with Crippen molar-refractivity contribution in [2.75, 3.05) is 6.61 Å². The third-order valence-electron chi connectivity index (χ3n) is 5.30. The molecule has 26 heavy (non-hydrogen) atoms. The number of hydrogen-bond donors (Lipinski definition) is 0. The molecule has 0 radical (unpaired) electrons. The van der Waals surface area contributed by atoms with Crippen LogP contribution < -0.4 is 0 Å². The van der Waals surface area contributed by atoms with Gasteiger partial charge in [-0.25, -0.2) is 0 Å². The standard InChI is InChI=1S/C22H37IO2Si/c1-17(14-19(3)23)21(25-26(7,8)22(4,5)6)18(2)15-24-16-20-12-10-9-11-13-20/h9-14,17-18,21H,15-16H2,1-8H3/b19-14-/t17-,18-,21+/m0/s1. The van der Waals surface area contributed by atoms with Crippen molar-refractivity contribution in [3.05, 3.63) is 45.6 Å². The third-order valence-corrected chi connectivity index (χ3v) is 10.1. The van der Waals surface area contributed by atoms with E-state index in [4.69, 9.17) is 9.16 Å². The molecule has 0 amide bonds. The molecule has 1 rings (SSSR count). The molecule has 1 aromatic carbocycles. The van der Waals surface area contributed by atoms with Gasteiger partial charge in [0.25, 0.3) is 0 Å². The smallest absolute Gasteiger partial charge is 0.192 e. The van der Waals surface area contributed by atoms with Crippen LogP contribution in [0.4, 0.5) is 0 Å². The average Bonchev–Trinajstić information content (AvgIpc) is 2.51. The Kier molecular flexibility index (Phi) is 9.54. The number of benzene rings is 1. The van der Waals surface area contributed by atoms with E-state index in [9.17, 15) is 0 Å². The zero-order valence-electron chi connectivity index (χ0n) is 17.8. The fourth-order valence-electron chi connectivity index (χ4n) is 2.75. The molecule has 0 aliphatic rings. The van der Waals surface area contributed by atoms with Crippen LogP contribution >= 0.6 is 22.6 Å². The summed E-state index contributed by atoms with van der Waals surface area (Å²) in [6, 6.07) is 10.4. The van der Waals surface area contributed by atoms with Crippen molar-refractivity contribution in [1.82, 2.24) is 0 Å². The highest BCUT2D eigenvalue weighted by atomic mass is 127. The minimum Gasteiger partial charge on any atom is -0.413 e. The van der Waals surface area contributed by atoms with E-state index in [-0.39, 0.29) is 11.1 Å². The van der Waals surface area contributed by atoms with Gasteiger partial charge in [0.15, 0.2) is 8.32 Å². The van der Waals surface area contributed by atoms with Gasteiger partial charge in [-0.05, 0) is 56.8 Å². The van der Waals surface area contributed by atoms with E-state index in [1.54, 1.807) is 0 Å². The molecule has 0 saturated heterocycles. The third kappa shape index (κ3) is 7.83. The van der Waals surface area contributed by atoms with E-state index in [1.165, 1.54) is 9.14 Å². The minimum absolute atomic E-state index is 0.177. The highest BCUT2D eigenvalue weighted by Crippen LogP contribution is 2.39. The summed E-state index contributed by atoms with van der Waals surface area (Å²) < 4.78 is 14.2. The summed E-state index contributed by atoms with van der Waals surface area (Å²) in [4.78, 5) is 0. The lowest BCUT2D eigenvalue weighted by molar-refractivity contribution is 0.0194. The SMILES string of the molecule is C/C(I)=C/[C@H](C)[C@@H](O[Si](C)(C)C(C)(C)C)[C@@H](C)COCc1ccccc1. The summed E-state index contributed by atoms with van der Waals surface area (Å²) in [7, 11) is -1.83. The van der Waals surface area contributed by atoms with Crippen LogP contribution in [-0.4, -0.2) is 21.0 Å². The number of rotatable bonds is 9. The fourth-order valence-corrected chi connectivity index (χ4v) is 4.80. The van der Waals surface area contributed by atoms with E-state index >= 15 is 0 Å². The van der Waals surface area contributed by atoms with E-state index < -0.39 is 8.32 Å². The van der Waals surface area contributed by atoms with Crippen molar-refractivity contribution >= 4 is 30.9 Å². The maximum atomic E-state index is 6.84. The zero-order chi connectivity index (χ0) is 20.0. The summed E-state index contributed by atoms with van der Waals surface area (Å²) in [5, 5.41) is 0.207. The Bertz CT molecular complexity index is 559. The molecular formula is C22H37IO2Si. The monoisotopic (exact) mass is 488 g/mol. The Labute approximate surface area is 176 Å². The second kappa shape index (κ2) is 10.4. The summed E-state index contributed by atoms with van der Waals surface area (Å²) in [5.74, 6) is 0.714. The van der Waals surface area contributed by atoms with Crippen molar-refractivity contribution in [2.45, 2.75) is 72.4 Å². The first-order chi connectivity index (χ1) is 11.9. The second-order valence-electron chi connectivity index (χ2n) is 8.93. The summed E-state index contributed by atoms with van der Waals surface area (Å²) >= 11 is 2.39. The first-order valence-corrected chi connectivity index (χ1v) is 13.6. The van der Waals surface area contributed by atoms with E-state index in [0.717, 1.165) is 0 Å². The predicted molar refractivity (Wildman–Crippen MR) is 124 cm³/mol. The van der Waals surface area contributed by atoms with Gasteiger partial charge in [-0.15, -0.1) is 0 Å². The van der Waals surface area contributed by atoms with Gasteiger partial charge in [0, 0.05) is 11.8 Å². The predicted octanol–water partition coefficient (Wildman–Crippen LogP) is 7.20. The summed E-state index contributed by atoms with van der Waals surface area (Å²) in [6.45, 7) is 19.6. The molecule has 2 nitrogen and oxygen atoms in total. The van der Waals surface area contributed by atoms with Gasteiger partial charge in [-0.3, -0.25) is 0 Å². The largest absolute Gasteiger partial charge is 0.413 e. The number of hydrogen-bond acceptors (Lipinski definition) is 2. The highest BCUT2D eigenvalue weighted by molar-refractivity contribution is 14.1. The lowest BCUT2D eigenvalue weighted by Crippen LogP contribution is -2.47. The van der Waals surface area contributed by atoms with Crippen molar-refractivity contribution < 1.29 is 9.16 Å². The molecule has 0 aliphatic heterocycles. The fraction of sp³-hybridized carbons (Fsp3) is 0.636. The van der Waals surface area contributed by atoms with E-state index in [2.05, 4.69) is 108 Å². The molecule has 0 unspecified atom stereocenters. The molecule has 0 saturated carbocycles. The lowest BCUT2D eigenvalue weighted by atomic mass is 9.94. The molecule has 4 heteroatoms. The van der Waals surface area contributed by atoms with Crippen LogP contribution in [0.25, 0.3) is 0 Å². The van der Waals surface area contributed by atoms with Gasteiger partial charge in [0.2, 0.25) is 0 Å². The van der Waals surface area contributed by atoms with Crippen LogP contribution in [0, 0.1) is 11.8 Å². The first kappa shape index (κ1) is 23.9. The van der Waals surface area contributed by atoms with Crippen molar-refractivity contribution in [1.29, 1.82) is 0 Å². The van der Waals surface area contributed by atoms with Gasteiger partial charge in [-0.1, -0.05) is 71.0 Å². The number of allylic oxidation sites excluding steroid dienone is 1. The van der Waals surface area contributed by atoms with Crippen molar-refractivity contribution in [3.8, 4) is 0 Å². The van der Waals surface area contributed by atoms with Crippen LogP contribution in [-0.2, 0) is 15.8 Å². The molecule has 0 spiro atoms. The summed E-state index contributed by atoms with van der Waals surface area (Å²) in [6.07, 6.45) is 2.50. The molecule has 0 bridgehead atoms. The minimum atomic E-state index is -1.83. The van der Waals surface area contributed by atoms with Crippen molar-refractivity contribution in [2.24, 2.45) is 11.8 Å². The van der Waals surface area contributed by atoms with E-state index in [0.29, 0.717) is 25.0 Å². The molecule has 3 atom stereocenters. The zero-order valence-corrected chi connectivity index (χ0v) is 21.0. The first-order valence-electron chi connectivity index (χ1n) is 9.57. The molecule has 1 aromatic rings. The van der Waals surface area contributed by atoms with Crippen LogP contribution in [0.5, 0.6) is 0 Å². The maximum absolute atomic E-state index is 6.84. The van der Waals surface area contributed by atoms with E-state index in [1.807, 2.05) is 6.07 Å². The Balaban J connectivity index is 2.81. The highest BCUT2D eigenvalue weighted by Gasteiger charge is 2.41. The number of halogens is 1. The molecule has 0 N–H and O–H groups in total. The molecule has 148 valence electrons. The van der Waals surface area contributed by atoms with Gasteiger partial charge in [-0.2, -0.15) is 0 Å². The van der Waals surface area contributed by atoms with Gasteiger partial charge in [0.1, 0.15) is 0 Å². The van der Waals surface area contributed by atoms with Gasteiger partial charge >= 0.3 is 0 Å². The van der Waals surface area contributed by atoms with Crippen molar-refractivity contribution in [3.63, 3.8) is 0 Å². The Hall–Kier alpha value is -0.173. The lowest BCUT2D eigenvalue weighted by Gasteiger charge is -2.42. The van der Waals surface area contributed by atoms with Crippen LogP contribution in [0.15, 0.2) is 40.0 Å². The topological polar surface area (TPSA) is 18.5 Å². The second-order valence-corrected chi connectivity index (χ2v) is 15.4. The molecular weight excluding hydrogens is 451 g/mol. The summed E-state index contributed by atoms with van der Waals surface area (Å²) in [5.41, 5.74) is 1.22. The van der Waals surface area contributed by atoms with Crippen LogP contribution in [0.1, 0.15) is 47.1 Å². The molecule has 0 aliphatic carbocycles. The quantitative estimate of drug-likeness (QED) is 0.270. The molecule has 0 heterocycles. The normalized spacial score (nSPS) is 17.0. The van der Waals surface area contributed by atoms with Gasteiger partial charge in [0.05, 0.1) is 19.3 Å². The van der Waals surface area contributed by atoms with Crippen LogP contribution in [0.3, 0.4) is 0 Å². The Morgan fingerprint density at radius 2 is 1.73 bits per heavy atom.